The Hall–Kier alpha value is -3.86. The maximum atomic E-state index is 13.7. The van der Waals surface area contributed by atoms with Crippen molar-refractivity contribution in [1.82, 2.24) is 10.3 Å². The molecule has 4 aromatic rings. The normalized spacial score (nSPS) is 13.0. The van der Waals surface area contributed by atoms with Gasteiger partial charge in [-0.1, -0.05) is 77.9 Å². The number of hydrogen-bond donors (Lipinski definition) is 3. The van der Waals surface area contributed by atoms with E-state index in [1.54, 1.807) is 6.92 Å². The molecule has 180 valence electrons. The van der Waals surface area contributed by atoms with E-state index in [-0.39, 0.29) is 12.3 Å². The molecular formula is C30H32N2O3. The number of aryl methyl sites for hydroxylation is 2. The molecule has 0 fully saturated rings. The minimum Gasteiger partial charge on any atom is -0.480 e. The van der Waals surface area contributed by atoms with E-state index >= 15 is 0 Å². The monoisotopic (exact) mass is 468 g/mol. The predicted octanol–water partition coefficient (Wildman–Crippen LogP) is 5.39. The fourth-order valence-electron chi connectivity index (χ4n) is 4.71. The van der Waals surface area contributed by atoms with E-state index in [1.165, 1.54) is 0 Å². The zero-order chi connectivity index (χ0) is 25.0. The van der Waals surface area contributed by atoms with Gasteiger partial charge in [-0.05, 0) is 56.4 Å². The zero-order valence-electron chi connectivity index (χ0n) is 20.5. The number of hydrogen-bond acceptors (Lipinski definition) is 2. The molecule has 5 nitrogen and oxygen atoms in total. The van der Waals surface area contributed by atoms with Crippen LogP contribution in [0.25, 0.3) is 10.9 Å². The number of aromatic nitrogens is 1. The summed E-state index contributed by atoms with van der Waals surface area (Å²) in [5.74, 6) is -1.71. The number of carbonyl (C=O) groups is 2. The van der Waals surface area contributed by atoms with Gasteiger partial charge in [-0.2, -0.15) is 0 Å². The minimum atomic E-state index is -1.44. The molecule has 5 heteroatoms. The van der Waals surface area contributed by atoms with Crippen molar-refractivity contribution in [1.29, 1.82) is 0 Å². The van der Waals surface area contributed by atoms with Crippen molar-refractivity contribution in [3.05, 3.63) is 107 Å². The Kier molecular flexibility index (Phi) is 7.06. The summed E-state index contributed by atoms with van der Waals surface area (Å²) in [6.07, 6.45) is 3.07. The number of fused-ring (bicyclic) bond motifs is 1. The van der Waals surface area contributed by atoms with E-state index < -0.39 is 17.4 Å². The maximum Gasteiger partial charge on any atom is 0.329 e. The summed E-state index contributed by atoms with van der Waals surface area (Å²) in [5.41, 5.74) is 4.74. The van der Waals surface area contributed by atoms with Crippen LogP contribution in [-0.2, 0) is 28.9 Å². The number of nitrogens with one attached hydrogen (secondary N) is 2. The SMILES string of the molecule is Cc1cccc(CC(Cc2cccc(C)c2)C(=O)N[C@](C)(Cc2c[nH]c3ccccc23)C(=O)O)c1. The van der Waals surface area contributed by atoms with Crippen LogP contribution in [0.4, 0.5) is 0 Å². The number of para-hydroxylation sites is 1. The molecule has 0 radical (unpaired) electrons. The first-order valence-electron chi connectivity index (χ1n) is 11.9. The van der Waals surface area contributed by atoms with Gasteiger partial charge in [0.2, 0.25) is 5.91 Å². The number of amides is 1. The fraction of sp³-hybridized carbons (Fsp3) is 0.267. The molecule has 0 aliphatic heterocycles. The average molecular weight is 469 g/mol. The summed E-state index contributed by atoms with van der Waals surface area (Å²) < 4.78 is 0. The van der Waals surface area contributed by atoms with Gasteiger partial charge in [-0.3, -0.25) is 4.79 Å². The molecule has 0 aliphatic rings. The third-order valence-electron chi connectivity index (χ3n) is 6.59. The third-order valence-corrected chi connectivity index (χ3v) is 6.59. The van der Waals surface area contributed by atoms with Crippen molar-refractivity contribution in [3.63, 3.8) is 0 Å². The Morgan fingerprint density at radius 3 is 2.09 bits per heavy atom. The van der Waals surface area contributed by atoms with Gasteiger partial charge in [0.1, 0.15) is 5.54 Å². The number of aromatic amines is 1. The quantitative estimate of drug-likeness (QED) is 0.308. The number of rotatable bonds is 9. The minimum absolute atomic E-state index is 0.180. The Bertz CT molecular complexity index is 1310. The summed E-state index contributed by atoms with van der Waals surface area (Å²) in [4.78, 5) is 29.3. The second-order valence-corrected chi connectivity index (χ2v) is 9.75. The van der Waals surface area contributed by atoms with E-state index in [1.807, 2.05) is 80.7 Å². The van der Waals surface area contributed by atoms with Crippen LogP contribution in [-0.4, -0.2) is 27.5 Å². The Morgan fingerprint density at radius 1 is 0.914 bits per heavy atom. The molecule has 3 aromatic carbocycles. The van der Waals surface area contributed by atoms with Crippen LogP contribution < -0.4 is 5.32 Å². The van der Waals surface area contributed by atoms with Gasteiger partial charge >= 0.3 is 5.97 Å². The standard InChI is InChI=1S/C30H32N2O3/c1-20-8-6-10-22(14-20)16-24(17-23-11-7-9-21(2)15-23)28(33)32-30(3,29(34)35)18-25-19-31-27-13-5-4-12-26(25)27/h4-15,19,24,31H,16-18H2,1-3H3,(H,32,33)(H,34,35)/t30-/m1/s1. The van der Waals surface area contributed by atoms with Crippen LogP contribution in [0, 0.1) is 19.8 Å². The van der Waals surface area contributed by atoms with Crippen molar-refractivity contribution in [2.75, 3.05) is 0 Å². The first-order chi connectivity index (χ1) is 16.7. The summed E-state index contributed by atoms with van der Waals surface area (Å²) in [5, 5.41) is 14.0. The molecule has 1 amide bonds. The molecule has 0 bridgehead atoms. The second kappa shape index (κ2) is 10.2. The fourth-order valence-corrected chi connectivity index (χ4v) is 4.71. The summed E-state index contributed by atoms with van der Waals surface area (Å²) in [6, 6.07) is 24.0. The van der Waals surface area contributed by atoms with Gasteiger partial charge in [0.05, 0.1) is 0 Å². The number of H-pyrrole nitrogens is 1. The van der Waals surface area contributed by atoms with Gasteiger partial charge in [-0.15, -0.1) is 0 Å². The maximum absolute atomic E-state index is 13.7. The molecule has 4 rings (SSSR count). The van der Waals surface area contributed by atoms with Crippen molar-refractivity contribution in [2.24, 2.45) is 5.92 Å². The van der Waals surface area contributed by atoms with E-state index in [0.29, 0.717) is 12.8 Å². The highest BCUT2D eigenvalue weighted by Crippen LogP contribution is 2.24. The first-order valence-corrected chi connectivity index (χ1v) is 11.9. The molecular weight excluding hydrogens is 436 g/mol. The van der Waals surface area contributed by atoms with Crippen molar-refractivity contribution >= 4 is 22.8 Å². The van der Waals surface area contributed by atoms with E-state index in [4.69, 9.17) is 0 Å². The van der Waals surface area contributed by atoms with Crippen LogP contribution in [0.2, 0.25) is 0 Å². The van der Waals surface area contributed by atoms with E-state index in [2.05, 4.69) is 22.4 Å². The lowest BCUT2D eigenvalue weighted by atomic mass is 9.88. The summed E-state index contributed by atoms with van der Waals surface area (Å²) in [6.45, 7) is 5.65. The van der Waals surface area contributed by atoms with Gasteiger partial charge in [0.15, 0.2) is 0 Å². The number of carboxylic acids is 1. The molecule has 35 heavy (non-hydrogen) atoms. The lowest BCUT2D eigenvalue weighted by Gasteiger charge is -2.29. The van der Waals surface area contributed by atoms with Crippen LogP contribution in [0.1, 0.15) is 34.7 Å². The highest BCUT2D eigenvalue weighted by molar-refractivity contribution is 5.90. The number of aliphatic carboxylic acids is 1. The van der Waals surface area contributed by atoms with E-state index in [9.17, 15) is 14.7 Å². The molecule has 3 N–H and O–H groups in total. The molecule has 0 saturated carbocycles. The Labute approximate surface area is 206 Å². The third kappa shape index (κ3) is 5.80. The Morgan fingerprint density at radius 2 is 1.51 bits per heavy atom. The predicted molar refractivity (Wildman–Crippen MR) is 139 cm³/mol. The number of carboxylic acid groups (broad SMARTS) is 1. The molecule has 1 atom stereocenters. The molecule has 0 saturated heterocycles. The van der Waals surface area contributed by atoms with Crippen LogP contribution >= 0.6 is 0 Å². The zero-order valence-corrected chi connectivity index (χ0v) is 20.5. The molecule has 1 heterocycles. The van der Waals surface area contributed by atoms with Crippen LogP contribution in [0.15, 0.2) is 79.0 Å². The highest BCUT2D eigenvalue weighted by Gasteiger charge is 2.37. The van der Waals surface area contributed by atoms with E-state index in [0.717, 1.165) is 38.7 Å². The largest absolute Gasteiger partial charge is 0.480 e. The summed E-state index contributed by atoms with van der Waals surface area (Å²) >= 11 is 0. The number of benzene rings is 3. The smallest absolute Gasteiger partial charge is 0.329 e. The van der Waals surface area contributed by atoms with Crippen molar-refractivity contribution in [3.8, 4) is 0 Å². The lowest BCUT2D eigenvalue weighted by Crippen LogP contribution is -2.55. The van der Waals surface area contributed by atoms with Gasteiger partial charge in [-0.25, -0.2) is 4.79 Å². The van der Waals surface area contributed by atoms with Gasteiger partial charge in [0, 0.05) is 29.4 Å². The average Bonchev–Trinajstić information content (AvgIpc) is 3.21. The molecule has 0 spiro atoms. The molecule has 0 unspecified atom stereocenters. The topological polar surface area (TPSA) is 82.2 Å². The first kappa shape index (κ1) is 24.3. The van der Waals surface area contributed by atoms with Crippen molar-refractivity contribution in [2.45, 2.75) is 45.6 Å². The number of carbonyl (C=O) groups excluding carboxylic acids is 1. The van der Waals surface area contributed by atoms with Gasteiger partial charge < -0.3 is 15.4 Å². The van der Waals surface area contributed by atoms with Crippen LogP contribution in [0.3, 0.4) is 0 Å². The second-order valence-electron chi connectivity index (χ2n) is 9.75. The summed E-state index contributed by atoms with van der Waals surface area (Å²) in [7, 11) is 0. The lowest BCUT2D eigenvalue weighted by molar-refractivity contribution is -0.147. The Balaban J connectivity index is 1.61. The highest BCUT2D eigenvalue weighted by atomic mass is 16.4. The molecule has 1 aromatic heterocycles. The van der Waals surface area contributed by atoms with Crippen molar-refractivity contribution < 1.29 is 14.7 Å². The van der Waals surface area contributed by atoms with Gasteiger partial charge in [0.25, 0.3) is 0 Å². The van der Waals surface area contributed by atoms with Crippen LogP contribution in [0.5, 0.6) is 0 Å². The molecule has 0 aliphatic carbocycles.